The van der Waals surface area contributed by atoms with E-state index in [1.165, 1.54) is 4.90 Å². The van der Waals surface area contributed by atoms with Crippen LogP contribution in [0.4, 0.5) is 13.2 Å². The summed E-state index contributed by atoms with van der Waals surface area (Å²) in [5.41, 5.74) is -1.50. The van der Waals surface area contributed by atoms with Crippen molar-refractivity contribution in [1.82, 2.24) is 4.90 Å². The molecule has 1 heterocycles. The highest BCUT2D eigenvalue weighted by atomic mass is 19.4. The maximum absolute atomic E-state index is 12.9. The number of amides is 1. The summed E-state index contributed by atoms with van der Waals surface area (Å²) in [7, 11) is 0. The van der Waals surface area contributed by atoms with Crippen molar-refractivity contribution in [3.8, 4) is 0 Å². The molecule has 1 atom stereocenters. The lowest BCUT2D eigenvalue weighted by atomic mass is 10.0. The van der Waals surface area contributed by atoms with Crippen LogP contribution in [-0.2, 0) is 16.1 Å². The van der Waals surface area contributed by atoms with Gasteiger partial charge in [0.2, 0.25) is 5.91 Å². The summed E-state index contributed by atoms with van der Waals surface area (Å²) in [6.07, 6.45) is -4.50. The van der Waals surface area contributed by atoms with Crippen molar-refractivity contribution in [2.45, 2.75) is 25.2 Å². The average Bonchev–Trinajstić information content (AvgIpc) is 2.34. The molecule has 1 fully saturated rings. The lowest BCUT2D eigenvalue weighted by molar-refractivity contribution is -0.283. The quantitative estimate of drug-likeness (QED) is 0.828. The summed E-state index contributed by atoms with van der Waals surface area (Å²) in [6.45, 7) is 0.110. The van der Waals surface area contributed by atoms with E-state index in [1.54, 1.807) is 24.3 Å². The fourth-order valence-corrected chi connectivity index (χ4v) is 1.93. The number of morpholine rings is 1. The van der Waals surface area contributed by atoms with Gasteiger partial charge in [-0.25, -0.2) is 0 Å². The van der Waals surface area contributed by atoms with E-state index in [9.17, 15) is 18.0 Å². The molecular formula is C13H14F3NO2. The molecule has 1 aliphatic heterocycles. The molecule has 1 saturated heterocycles. The monoisotopic (exact) mass is 273 g/mol. The Morgan fingerprint density at radius 3 is 2.53 bits per heavy atom. The van der Waals surface area contributed by atoms with Crippen LogP contribution in [0.3, 0.4) is 0 Å². The second kappa shape index (κ2) is 4.85. The lowest BCUT2D eigenvalue weighted by Crippen LogP contribution is -2.59. The van der Waals surface area contributed by atoms with Gasteiger partial charge < -0.3 is 9.64 Å². The molecule has 3 nitrogen and oxygen atoms in total. The zero-order valence-corrected chi connectivity index (χ0v) is 10.4. The van der Waals surface area contributed by atoms with Gasteiger partial charge in [-0.2, -0.15) is 13.2 Å². The van der Waals surface area contributed by atoms with Crippen LogP contribution in [0.25, 0.3) is 0 Å². The summed E-state index contributed by atoms with van der Waals surface area (Å²) in [6, 6.07) is 8.91. The van der Waals surface area contributed by atoms with Gasteiger partial charge in [0, 0.05) is 6.54 Å². The van der Waals surface area contributed by atoms with Crippen LogP contribution in [0.1, 0.15) is 12.5 Å². The molecule has 2 rings (SSSR count). The molecule has 0 bridgehead atoms. The van der Waals surface area contributed by atoms with Gasteiger partial charge in [0.25, 0.3) is 0 Å². The van der Waals surface area contributed by atoms with E-state index in [0.29, 0.717) is 0 Å². The van der Waals surface area contributed by atoms with Gasteiger partial charge in [-0.1, -0.05) is 30.3 Å². The van der Waals surface area contributed by atoms with E-state index in [4.69, 9.17) is 4.74 Å². The van der Waals surface area contributed by atoms with E-state index in [1.807, 2.05) is 6.07 Å². The molecule has 19 heavy (non-hydrogen) atoms. The predicted molar refractivity (Wildman–Crippen MR) is 62.3 cm³/mol. The van der Waals surface area contributed by atoms with Gasteiger partial charge >= 0.3 is 6.18 Å². The second-order valence-corrected chi connectivity index (χ2v) is 4.75. The first-order chi connectivity index (χ1) is 8.82. The number of halogens is 3. The molecule has 0 aliphatic carbocycles. The van der Waals surface area contributed by atoms with Crippen molar-refractivity contribution in [3.05, 3.63) is 35.9 Å². The van der Waals surface area contributed by atoms with Crippen LogP contribution >= 0.6 is 0 Å². The molecule has 1 amide bonds. The summed E-state index contributed by atoms with van der Waals surface area (Å²) in [4.78, 5) is 12.8. The molecular weight excluding hydrogens is 259 g/mol. The van der Waals surface area contributed by atoms with Gasteiger partial charge in [0.1, 0.15) is 6.61 Å². The first-order valence-corrected chi connectivity index (χ1v) is 5.84. The SMILES string of the molecule is C[C@@]1(C(F)(F)F)CN(Cc2ccccc2)C(=O)CO1. The minimum atomic E-state index is -4.50. The fraction of sp³-hybridized carbons (Fsp3) is 0.462. The minimum Gasteiger partial charge on any atom is -0.354 e. The molecule has 104 valence electrons. The van der Waals surface area contributed by atoms with Crippen LogP contribution < -0.4 is 0 Å². The highest BCUT2D eigenvalue weighted by Crippen LogP contribution is 2.36. The van der Waals surface area contributed by atoms with Crippen molar-refractivity contribution in [3.63, 3.8) is 0 Å². The van der Waals surface area contributed by atoms with Crippen LogP contribution in [0.5, 0.6) is 0 Å². The van der Waals surface area contributed by atoms with Gasteiger partial charge in [0.05, 0.1) is 6.54 Å². The topological polar surface area (TPSA) is 29.5 Å². The Bertz CT molecular complexity index is 461. The van der Waals surface area contributed by atoms with Crippen molar-refractivity contribution >= 4 is 5.91 Å². The fourth-order valence-electron chi connectivity index (χ4n) is 1.93. The molecule has 6 heteroatoms. The smallest absolute Gasteiger partial charge is 0.354 e. The van der Waals surface area contributed by atoms with Crippen molar-refractivity contribution in [2.75, 3.05) is 13.2 Å². The Morgan fingerprint density at radius 2 is 1.95 bits per heavy atom. The Morgan fingerprint density at radius 1 is 1.32 bits per heavy atom. The second-order valence-electron chi connectivity index (χ2n) is 4.75. The predicted octanol–water partition coefficient (Wildman–Crippen LogP) is 2.37. The summed E-state index contributed by atoms with van der Waals surface area (Å²) >= 11 is 0. The normalized spacial score (nSPS) is 24.6. The Labute approximate surface area is 109 Å². The highest BCUT2D eigenvalue weighted by molar-refractivity contribution is 5.78. The number of nitrogens with zero attached hydrogens (tertiary/aromatic N) is 1. The van der Waals surface area contributed by atoms with Crippen LogP contribution in [-0.4, -0.2) is 35.7 Å². The zero-order valence-electron chi connectivity index (χ0n) is 10.4. The third kappa shape index (κ3) is 2.89. The third-order valence-corrected chi connectivity index (χ3v) is 3.18. The number of rotatable bonds is 2. The molecule has 1 aromatic rings. The number of carbonyl (C=O) groups excluding carboxylic acids is 1. The molecule has 0 N–H and O–H groups in total. The zero-order chi connectivity index (χ0) is 14.1. The van der Waals surface area contributed by atoms with E-state index in [2.05, 4.69) is 0 Å². The van der Waals surface area contributed by atoms with Gasteiger partial charge in [-0.3, -0.25) is 4.79 Å². The minimum absolute atomic E-state index is 0.161. The summed E-state index contributed by atoms with van der Waals surface area (Å²) < 4.78 is 43.4. The third-order valence-electron chi connectivity index (χ3n) is 3.18. The van der Waals surface area contributed by atoms with E-state index in [0.717, 1.165) is 12.5 Å². The first kappa shape index (κ1) is 13.9. The van der Waals surface area contributed by atoms with Crippen LogP contribution in [0.2, 0.25) is 0 Å². The number of benzene rings is 1. The van der Waals surface area contributed by atoms with Gasteiger partial charge in [0.15, 0.2) is 5.60 Å². The maximum Gasteiger partial charge on any atom is 0.418 e. The largest absolute Gasteiger partial charge is 0.418 e. The van der Waals surface area contributed by atoms with Crippen molar-refractivity contribution in [2.24, 2.45) is 0 Å². The summed E-state index contributed by atoms with van der Waals surface area (Å²) in [5, 5.41) is 0. The number of hydrogen-bond donors (Lipinski definition) is 0. The molecule has 0 spiro atoms. The van der Waals surface area contributed by atoms with Crippen LogP contribution in [0, 0.1) is 0 Å². The number of hydrogen-bond acceptors (Lipinski definition) is 2. The van der Waals surface area contributed by atoms with Crippen LogP contribution in [0.15, 0.2) is 30.3 Å². The molecule has 1 aromatic carbocycles. The highest BCUT2D eigenvalue weighted by Gasteiger charge is 2.55. The Hall–Kier alpha value is -1.56. The number of alkyl halides is 3. The number of ether oxygens (including phenoxy) is 1. The summed E-state index contributed by atoms with van der Waals surface area (Å²) in [5.74, 6) is -0.425. The van der Waals surface area contributed by atoms with E-state index < -0.39 is 30.8 Å². The van der Waals surface area contributed by atoms with Gasteiger partial charge in [-0.05, 0) is 12.5 Å². The molecule has 0 saturated carbocycles. The van der Waals surface area contributed by atoms with Crippen molar-refractivity contribution < 1.29 is 22.7 Å². The standard InChI is InChI=1S/C13H14F3NO2/c1-12(13(14,15)16)9-17(11(18)8-19-12)7-10-5-3-2-4-6-10/h2-6H,7-9H2,1H3/t12-/m0/s1. The maximum atomic E-state index is 12.9. The van der Waals surface area contributed by atoms with E-state index in [-0.39, 0.29) is 6.54 Å². The molecule has 0 unspecified atom stereocenters. The average molecular weight is 273 g/mol. The molecule has 0 radical (unpaired) electrons. The Balaban J connectivity index is 2.14. The first-order valence-electron chi connectivity index (χ1n) is 5.84. The molecule has 1 aliphatic rings. The Kier molecular flexibility index (Phi) is 3.54. The molecule has 0 aromatic heterocycles. The van der Waals surface area contributed by atoms with Crippen molar-refractivity contribution in [1.29, 1.82) is 0 Å². The van der Waals surface area contributed by atoms with Gasteiger partial charge in [-0.15, -0.1) is 0 Å². The van der Waals surface area contributed by atoms with E-state index >= 15 is 0 Å². The lowest BCUT2D eigenvalue weighted by Gasteiger charge is -2.41. The number of carbonyl (C=O) groups is 1.